The summed E-state index contributed by atoms with van der Waals surface area (Å²) in [7, 11) is 0. The lowest BCUT2D eigenvalue weighted by molar-refractivity contribution is 0.643. The molecule has 0 saturated carbocycles. The van der Waals surface area contributed by atoms with Gasteiger partial charge in [-0.1, -0.05) is 42.0 Å². The van der Waals surface area contributed by atoms with Crippen molar-refractivity contribution in [2.24, 2.45) is 5.73 Å². The number of anilines is 1. The number of benzene rings is 2. The van der Waals surface area contributed by atoms with E-state index < -0.39 is 0 Å². The maximum atomic E-state index is 6.05. The zero-order chi connectivity index (χ0) is 14.5. The summed E-state index contributed by atoms with van der Waals surface area (Å²) in [5, 5.41) is 0. The van der Waals surface area contributed by atoms with Crippen molar-refractivity contribution in [1.82, 2.24) is 0 Å². The molecule has 0 radical (unpaired) electrons. The van der Waals surface area contributed by atoms with Gasteiger partial charge in [-0.2, -0.15) is 0 Å². The summed E-state index contributed by atoms with van der Waals surface area (Å²) in [5.74, 6) is 0. The Balaban J connectivity index is 2.34. The molecule has 0 aliphatic rings. The number of nitrogens with two attached hydrogens (primary N) is 1. The third-order valence-corrected chi connectivity index (χ3v) is 3.74. The Bertz CT molecular complexity index is 546. The first kappa shape index (κ1) is 14.6. The molecule has 0 aliphatic carbocycles. The molecule has 0 amide bonds. The Morgan fingerprint density at radius 2 is 1.70 bits per heavy atom. The second kappa shape index (κ2) is 6.58. The summed E-state index contributed by atoms with van der Waals surface area (Å²) in [6.07, 6.45) is 0. The molecule has 0 aliphatic heterocycles. The van der Waals surface area contributed by atoms with E-state index in [-0.39, 0.29) is 6.04 Å². The number of aryl methyl sites for hydroxylation is 2. The lowest BCUT2D eigenvalue weighted by Crippen LogP contribution is -2.33. The SMILES string of the molecule is CCN(c1cccc(C)c1)C(CN)c1ccc(C)cc1. The number of hydrogen-bond acceptors (Lipinski definition) is 2. The minimum Gasteiger partial charge on any atom is -0.363 e. The van der Waals surface area contributed by atoms with E-state index >= 15 is 0 Å². The zero-order valence-electron chi connectivity index (χ0n) is 12.6. The first-order chi connectivity index (χ1) is 9.65. The van der Waals surface area contributed by atoms with Crippen LogP contribution in [0.5, 0.6) is 0 Å². The zero-order valence-corrected chi connectivity index (χ0v) is 12.6. The molecule has 2 nitrogen and oxygen atoms in total. The second-order valence-electron chi connectivity index (χ2n) is 5.29. The van der Waals surface area contributed by atoms with E-state index in [4.69, 9.17) is 5.73 Å². The average molecular weight is 268 g/mol. The quantitative estimate of drug-likeness (QED) is 0.893. The molecule has 1 atom stereocenters. The van der Waals surface area contributed by atoms with Gasteiger partial charge in [0.15, 0.2) is 0 Å². The fourth-order valence-corrected chi connectivity index (χ4v) is 2.62. The van der Waals surface area contributed by atoms with Crippen LogP contribution >= 0.6 is 0 Å². The molecule has 0 fully saturated rings. The monoisotopic (exact) mass is 268 g/mol. The van der Waals surface area contributed by atoms with Gasteiger partial charge in [-0.3, -0.25) is 0 Å². The van der Waals surface area contributed by atoms with E-state index in [1.54, 1.807) is 0 Å². The lowest BCUT2D eigenvalue weighted by atomic mass is 10.0. The molecule has 0 aromatic heterocycles. The third-order valence-electron chi connectivity index (χ3n) is 3.74. The van der Waals surface area contributed by atoms with Gasteiger partial charge in [0.2, 0.25) is 0 Å². The molecule has 0 heterocycles. The molecule has 20 heavy (non-hydrogen) atoms. The first-order valence-corrected chi connectivity index (χ1v) is 7.25. The molecule has 106 valence electrons. The van der Waals surface area contributed by atoms with Crippen LogP contribution in [0, 0.1) is 13.8 Å². The minimum atomic E-state index is 0.224. The van der Waals surface area contributed by atoms with Crippen molar-refractivity contribution in [3.63, 3.8) is 0 Å². The second-order valence-corrected chi connectivity index (χ2v) is 5.29. The van der Waals surface area contributed by atoms with Crippen LogP contribution in [-0.2, 0) is 0 Å². The number of rotatable bonds is 5. The minimum absolute atomic E-state index is 0.224. The van der Waals surface area contributed by atoms with Crippen molar-refractivity contribution >= 4 is 5.69 Å². The van der Waals surface area contributed by atoms with Gasteiger partial charge in [0.1, 0.15) is 0 Å². The van der Waals surface area contributed by atoms with Crippen LogP contribution in [0.25, 0.3) is 0 Å². The molecular formula is C18H24N2. The van der Waals surface area contributed by atoms with Crippen LogP contribution in [0.15, 0.2) is 48.5 Å². The van der Waals surface area contributed by atoms with Gasteiger partial charge in [0.05, 0.1) is 6.04 Å². The van der Waals surface area contributed by atoms with Crippen molar-refractivity contribution in [3.05, 3.63) is 65.2 Å². The highest BCUT2D eigenvalue weighted by Gasteiger charge is 2.18. The van der Waals surface area contributed by atoms with Gasteiger partial charge < -0.3 is 10.6 Å². The topological polar surface area (TPSA) is 29.3 Å². The van der Waals surface area contributed by atoms with Crippen LogP contribution in [0.2, 0.25) is 0 Å². The highest BCUT2D eigenvalue weighted by Crippen LogP contribution is 2.27. The van der Waals surface area contributed by atoms with E-state index in [0.717, 1.165) is 6.54 Å². The summed E-state index contributed by atoms with van der Waals surface area (Å²) in [5.41, 5.74) is 11.1. The van der Waals surface area contributed by atoms with Crippen LogP contribution in [0.1, 0.15) is 29.7 Å². The number of likely N-dealkylation sites (N-methyl/N-ethyl adjacent to an activating group) is 1. The summed E-state index contributed by atoms with van der Waals surface area (Å²) >= 11 is 0. The number of nitrogens with zero attached hydrogens (tertiary/aromatic N) is 1. The van der Waals surface area contributed by atoms with Crippen molar-refractivity contribution in [2.45, 2.75) is 26.8 Å². The van der Waals surface area contributed by atoms with Crippen molar-refractivity contribution in [1.29, 1.82) is 0 Å². The molecule has 0 bridgehead atoms. The maximum Gasteiger partial charge on any atom is 0.0664 e. The van der Waals surface area contributed by atoms with E-state index in [1.165, 1.54) is 22.4 Å². The highest BCUT2D eigenvalue weighted by atomic mass is 15.2. The smallest absolute Gasteiger partial charge is 0.0664 e. The molecule has 2 aromatic carbocycles. The molecule has 0 spiro atoms. The van der Waals surface area contributed by atoms with Gasteiger partial charge in [0.25, 0.3) is 0 Å². The Labute approximate surface area is 122 Å². The summed E-state index contributed by atoms with van der Waals surface area (Å²) in [6, 6.07) is 17.5. The van der Waals surface area contributed by atoms with Gasteiger partial charge in [-0.25, -0.2) is 0 Å². The lowest BCUT2D eigenvalue weighted by Gasteiger charge is -2.32. The molecule has 2 aromatic rings. The van der Waals surface area contributed by atoms with Gasteiger partial charge >= 0.3 is 0 Å². The highest BCUT2D eigenvalue weighted by molar-refractivity contribution is 5.51. The van der Waals surface area contributed by atoms with Gasteiger partial charge in [-0.15, -0.1) is 0 Å². The maximum absolute atomic E-state index is 6.05. The Morgan fingerprint density at radius 1 is 1.00 bits per heavy atom. The summed E-state index contributed by atoms with van der Waals surface area (Å²) < 4.78 is 0. The fourth-order valence-electron chi connectivity index (χ4n) is 2.62. The fraction of sp³-hybridized carbons (Fsp3) is 0.333. The van der Waals surface area contributed by atoms with E-state index in [0.29, 0.717) is 6.54 Å². The normalized spacial score (nSPS) is 12.2. The molecule has 2 rings (SSSR count). The van der Waals surface area contributed by atoms with Crippen LogP contribution < -0.4 is 10.6 Å². The largest absolute Gasteiger partial charge is 0.363 e. The van der Waals surface area contributed by atoms with E-state index in [9.17, 15) is 0 Å². The van der Waals surface area contributed by atoms with E-state index in [1.807, 2.05) is 0 Å². The average Bonchev–Trinajstić information content (AvgIpc) is 2.46. The van der Waals surface area contributed by atoms with Crippen molar-refractivity contribution in [2.75, 3.05) is 18.0 Å². The Morgan fingerprint density at radius 3 is 2.25 bits per heavy atom. The predicted octanol–water partition coefficient (Wildman–Crippen LogP) is 3.83. The molecule has 0 saturated heterocycles. The third kappa shape index (κ3) is 3.20. The van der Waals surface area contributed by atoms with E-state index in [2.05, 4.69) is 74.2 Å². The Kier molecular flexibility index (Phi) is 4.80. The summed E-state index contributed by atoms with van der Waals surface area (Å²) in [4.78, 5) is 2.37. The van der Waals surface area contributed by atoms with Gasteiger partial charge in [0, 0.05) is 18.8 Å². The molecule has 2 N–H and O–H groups in total. The summed E-state index contributed by atoms with van der Waals surface area (Å²) in [6.45, 7) is 7.98. The first-order valence-electron chi connectivity index (χ1n) is 7.25. The van der Waals surface area contributed by atoms with Gasteiger partial charge in [-0.05, 0) is 44.0 Å². The standard InChI is InChI=1S/C18H24N2/c1-4-20(17-7-5-6-15(3)12-17)18(13-19)16-10-8-14(2)9-11-16/h5-12,18H,4,13,19H2,1-3H3. The molecule has 2 heteroatoms. The Hall–Kier alpha value is -1.80. The molecule has 1 unspecified atom stereocenters. The van der Waals surface area contributed by atoms with Crippen LogP contribution in [0.4, 0.5) is 5.69 Å². The number of hydrogen-bond donors (Lipinski definition) is 1. The van der Waals surface area contributed by atoms with Crippen LogP contribution in [-0.4, -0.2) is 13.1 Å². The van der Waals surface area contributed by atoms with Crippen LogP contribution in [0.3, 0.4) is 0 Å². The molecular weight excluding hydrogens is 244 g/mol. The van der Waals surface area contributed by atoms with Crippen molar-refractivity contribution < 1.29 is 0 Å². The van der Waals surface area contributed by atoms with Crippen molar-refractivity contribution in [3.8, 4) is 0 Å². The predicted molar refractivity (Wildman–Crippen MR) is 87.2 cm³/mol.